The van der Waals surface area contributed by atoms with Crippen molar-refractivity contribution in [3.05, 3.63) is 29.6 Å². The summed E-state index contributed by atoms with van der Waals surface area (Å²) < 4.78 is 42.3. The van der Waals surface area contributed by atoms with Crippen LogP contribution in [0.15, 0.2) is 18.2 Å². The first-order valence-electron chi connectivity index (χ1n) is 5.61. The summed E-state index contributed by atoms with van der Waals surface area (Å²) in [5, 5.41) is 0. The minimum absolute atomic E-state index is 0.0934. The maximum absolute atomic E-state index is 12.5. The van der Waals surface area contributed by atoms with Crippen LogP contribution in [-0.4, -0.2) is 22.5 Å². The van der Waals surface area contributed by atoms with E-state index in [4.69, 9.17) is 4.74 Å². The van der Waals surface area contributed by atoms with Gasteiger partial charge in [0.05, 0.1) is 23.2 Å². The molecule has 0 fully saturated rings. The summed E-state index contributed by atoms with van der Waals surface area (Å²) in [5.74, 6) is -0.189. The molecule has 2 rings (SSSR count). The first-order chi connectivity index (χ1) is 8.90. The SMILES string of the molecule is CCOC(=O)Cc1nc2ccc(C(F)(F)F)cc2[nH]1. The van der Waals surface area contributed by atoms with Crippen LogP contribution in [0.4, 0.5) is 13.2 Å². The lowest BCUT2D eigenvalue weighted by Gasteiger charge is -2.05. The molecule has 19 heavy (non-hydrogen) atoms. The molecule has 0 bridgehead atoms. The number of hydrogen-bond acceptors (Lipinski definition) is 3. The van der Waals surface area contributed by atoms with Gasteiger partial charge in [0.1, 0.15) is 12.2 Å². The number of carbonyl (C=O) groups is 1. The second-order valence-electron chi connectivity index (χ2n) is 3.89. The molecule has 0 spiro atoms. The van der Waals surface area contributed by atoms with Gasteiger partial charge in [-0.05, 0) is 25.1 Å². The predicted octanol–water partition coefficient (Wildman–Crippen LogP) is 2.69. The van der Waals surface area contributed by atoms with Gasteiger partial charge in [0.15, 0.2) is 0 Å². The molecule has 0 aliphatic carbocycles. The fourth-order valence-electron chi connectivity index (χ4n) is 1.67. The number of aromatic amines is 1. The number of rotatable bonds is 3. The Morgan fingerprint density at radius 1 is 1.42 bits per heavy atom. The lowest BCUT2D eigenvalue weighted by Crippen LogP contribution is -2.08. The molecule has 0 amide bonds. The number of ether oxygens (including phenoxy) is 1. The Morgan fingerprint density at radius 3 is 2.79 bits per heavy atom. The number of halogens is 3. The third kappa shape index (κ3) is 3.04. The number of alkyl halides is 3. The van der Waals surface area contributed by atoms with E-state index < -0.39 is 17.7 Å². The molecular weight excluding hydrogens is 261 g/mol. The van der Waals surface area contributed by atoms with Gasteiger partial charge in [0, 0.05) is 0 Å². The fraction of sp³-hybridized carbons (Fsp3) is 0.333. The van der Waals surface area contributed by atoms with E-state index in [0.29, 0.717) is 5.52 Å². The van der Waals surface area contributed by atoms with Crippen molar-refractivity contribution in [3.63, 3.8) is 0 Å². The van der Waals surface area contributed by atoms with Crippen LogP contribution in [0.1, 0.15) is 18.3 Å². The molecule has 0 aliphatic heterocycles. The quantitative estimate of drug-likeness (QED) is 0.874. The lowest BCUT2D eigenvalue weighted by molar-refractivity contribution is -0.142. The summed E-state index contributed by atoms with van der Waals surface area (Å²) >= 11 is 0. The minimum atomic E-state index is -4.40. The Labute approximate surface area is 106 Å². The van der Waals surface area contributed by atoms with Gasteiger partial charge >= 0.3 is 12.1 Å². The van der Waals surface area contributed by atoms with Gasteiger partial charge in [0.25, 0.3) is 0 Å². The molecular formula is C12H11F3N2O2. The number of nitrogens with one attached hydrogen (secondary N) is 1. The van der Waals surface area contributed by atoms with Crippen molar-refractivity contribution in [2.45, 2.75) is 19.5 Å². The number of H-pyrrole nitrogens is 1. The molecule has 102 valence electrons. The van der Waals surface area contributed by atoms with Gasteiger partial charge in [-0.3, -0.25) is 4.79 Å². The van der Waals surface area contributed by atoms with Crippen LogP contribution in [0, 0.1) is 0 Å². The number of imidazole rings is 1. The van der Waals surface area contributed by atoms with Gasteiger partial charge in [-0.2, -0.15) is 13.2 Å². The van der Waals surface area contributed by atoms with Crippen LogP contribution < -0.4 is 0 Å². The first-order valence-corrected chi connectivity index (χ1v) is 5.61. The number of fused-ring (bicyclic) bond motifs is 1. The molecule has 0 aliphatic rings. The average Bonchev–Trinajstić information content (AvgIpc) is 2.68. The number of hydrogen-bond donors (Lipinski definition) is 1. The van der Waals surface area contributed by atoms with E-state index in [1.54, 1.807) is 6.92 Å². The summed E-state index contributed by atoms with van der Waals surface area (Å²) in [6, 6.07) is 3.19. The van der Waals surface area contributed by atoms with Crippen LogP contribution in [0.25, 0.3) is 11.0 Å². The molecule has 0 saturated heterocycles. The Balaban J connectivity index is 2.28. The first kappa shape index (κ1) is 13.4. The van der Waals surface area contributed by atoms with E-state index in [-0.39, 0.29) is 24.4 Å². The predicted molar refractivity (Wildman–Crippen MR) is 61.4 cm³/mol. The maximum Gasteiger partial charge on any atom is 0.416 e. The van der Waals surface area contributed by atoms with Crippen LogP contribution in [-0.2, 0) is 22.1 Å². The van der Waals surface area contributed by atoms with Crippen LogP contribution in [0.2, 0.25) is 0 Å². The molecule has 1 N–H and O–H groups in total. The molecule has 1 heterocycles. The van der Waals surface area contributed by atoms with Gasteiger partial charge in [-0.25, -0.2) is 4.98 Å². The van der Waals surface area contributed by atoms with E-state index >= 15 is 0 Å². The summed E-state index contributed by atoms with van der Waals surface area (Å²) in [4.78, 5) is 18.0. The van der Waals surface area contributed by atoms with Gasteiger partial charge in [0.2, 0.25) is 0 Å². The third-order valence-corrected chi connectivity index (χ3v) is 2.48. The number of aromatic nitrogens is 2. The highest BCUT2D eigenvalue weighted by Crippen LogP contribution is 2.30. The zero-order chi connectivity index (χ0) is 14.0. The Bertz CT molecular complexity index is 605. The molecule has 0 saturated carbocycles. The Morgan fingerprint density at radius 2 is 2.16 bits per heavy atom. The van der Waals surface area contributed by atoms with E-state index in [2.05, 4.69) is 9.97 Å². The molecule has 1 aromatic heterocycles. The molecule has 1 aromatic carbocycles. The van der Waals surface area contributed by atoms with Crippen molar-refractivity contribution in [1.82, 2.24) is 9.97 Å². The Hall–Kier alpha value is -2.05. The normalized spacial score (nSPS) is 11.8. The van der Waals surface area contributed by atoms with Crippen LogP contribution >= 0.6 is 0 Å². The van der Waals surface area contributed by atoms with E-state index in [1.165, 1.54) is 6.07 Å². The van der Waals surface area contributed by atoms with Crippen molar-refractivity contribution in [2.75, 3.05) is 6.61 Å². The highest BCUT2D eigenvalue weighted by atomic mass is 19.4. The number of carbonyl (C=O) groups excluding carboxylic acids is 1. The van der Waals surface area contributed by atoms with Crippen LogP contribution in [0.3, 0.4) is 0 Å². The summed E-state index contributed by atoms with van der Waals surface area (Å²) in [7, 11) is 0. The smallest absolute Gasteiger partial charge is 0.416 e. The van der Waals surface area contributed by atoms with Crippen LogP contribution in [0.5, 0.6) is 0 Å². The van der Waals surface area contributed by atoms with Crippen molar-refractivity contribution in [3.8, 4) is 0 Å². The molecule has 4 nitrogen and oxygen atoms in total. The summed E-state index contributed by atoms with van der Waals surface area (Å²) in [5.41, 5.74) is -0.132. The highest BCUT2D eigenvalue weighted by molar-refractivity contribution is 5.78. The molecule has 0 unspecified atom stereocenters. The fourth-order valence-corrected chi connectivity index (χ4v) is 1.67. The number of esters is 1. The van der Waals surface area contributed by atoms with E-state index in [9.17, 15) is 18.0 Å². The number of nitrogens with zero attached hydrogens (tertiary/aromatic N) is 1. The maximum atomic E-state index is 12.5. The number of benzene rings is 1. The summed E-state index contributed by atoms with van der Waals surface area (Å²) in [6.45, 7) is 1.92. The second kappa shape index (κ2) is 4.91. The van der Waals surface area contributed by atoms with Gasteiger partial charge < -0.3 is 9.72 Å². The van der Waals surface area contributed by atoms with E-state index in [1.807, 2.05) is 0 Å². The van der Waals surface area contributed by atoms with Crippen molar-refractivity contribution in [2.24, 2.45) is 0 Å². The standard InChI is InChI=1S/C12H11F3N2O2/c1-2-19-11(18)6-10-16-8-4-3-7(12(13,14)15)5-9(8)17-10/h3-5H,2,6H2,1H3,(H,16,17). The second-order valence-corrected chi connectivity index (χ2v) is 3.89. The molecule has 0 atom stereocenters. The average molecular weight is 272 g/mol. The molecule has 7 heteroatoms. The molecule has 0 radical (unpaired) electrons. The Kier molecular flexibility index (Phi) is 3.46. The van der Waals surface area contributed by atoms with Crippen molar-refractivity contribution in [1.29, 1.82) is 0 Å². The van der Waals surface area contributed by atoms with E-state index in [0.717, 1.165) is 12.1 Å². The topological polar surface area (TPSA) is 55.0 Å². The van der Waals surface area contributed by atoms with Gasteiger partial charge in [-0.15, -0.1) is 0 Å². The van der Waals surface area contributed by atoms with Crippen molar-refractivity contribution >= 4 is 17.0 Å². The summed E-state index contributed by atoms with van der Waals surface area (Å²) in [6.07, 6.45) is -4.50. The lowest BCUT2D eigenvalue weighted by atomic mass is 10.2. The highest BCUT2D eigenvalue weighted by Gasteiger charge is 2.30. The monoisotopic (exact) mass is 272 g/mol. The molecule has 2 aromatic rings. The third-order valence-electron chi connectivity index (χ3n) is 2.48. The largest absolute Gasteiger partial charge is 0.466 e. The zero-order valence-corrected chi connectivity index (χ0v) is 10.0. The van der Waals surface area contributed by atoms with Crippen molar-refractivity contribution < 1.29 is 22.7 Å². The zero-order valence-electron chi connectivity index (χ0n) is 10.0. The van der Waals surface area contributed by atoms with Gasteiger partial charge in [-0.1, -0.05) is 0 Å². The minimum Gasteiger partial charge on any atom is -0.466 e.